The molecule has 0 saturated heterocycles. The minimum Gasteiger partial charge on any atom is -0.506 e. The molecule has 2 N–H and O–H groups in total. The van der Waals surface area contributed by atoms with Crippen LogP contribution in [0.1, 0.15) is 0 Å². The number of sulfonamides is 1. The Hall–Kier alpha value is -2.32. The Kier molecular flexibility index (Phi) is 4.01. The lowest BCUT2D eigenvalue weighted by molar-refractivity contribution is -0.387. The number of nitrogens with zero attached hydrogens (tertiary/aromatic N) is 1. The molecular weight excluding hydrogens is 320 g/mol. The second-order valence-corrected chi connectivity index (χ2v) is 6.08. The van der Waals surface area contributed by atoms with E-state index in [4.69, 9.17) is 11.6 Å². The third-order valence-corrected chi connectivity index (χ3v) is 4.20. The first-order valence-electron chi connectivity index (χ1n) is 5.56. The van der Waals surface area contributed by atoms with Crippen LogP contribution in [0.3, 0.4) is 0 Å². The van der Waals surface area contributed by atoms with Crippen molar-refractivity contribution >= 4 is 33.0 Å². The lowest BCUT2D eigenvalue weighted by Gasteiger charge is -2.10. The number of nitro groups is 1. The number of benzene rings is 2. The van der Waals surface area contributed by atoms with Crippen LogP contribution in [-0.2, 0) is 10.0 Å². The van der Waals surface area contributed by atoms with Gasteiger partial charge in [0.25, 0.3) is 15.7 Å². The first kappa shape index (κ1) is 15.1. The van der Waals surface area contributed by atoms with Crippen molar-refractivity contribution in [1.82, 2.24) is 0 Å². The van der Waals surface area contributed by atoms with Gasteiger partial charge in [-0.05, 0) is 18.2 Å². The van der Waals surface area contributed by atoms with Crippen molar-refractivity contribution in [1.29, 1.82) is 0 Å². The smallest absolute Gasteiger partial charge is 0.289 e. The molecule has 0 aliphatic rings. The van der Waals surface area contributed by atoms with E-state index < -0.39 is 25.5 Å². The summed E-state index contributed by atoms with van der Waals surface area (Å²) in [5, 5.41) is 20.7. The number of nitro benzene ring substituents is 1. The van der Waals surface area contributed by atoms with Crippen molar-refractivity contribution in [2.45, 2.75) is 4.90 Å². The summed E-state index contributed by atoms with van der Waals surface area (Å²) in [4.78, 5) is 9.59. The van der Waals surface area contributed by atoms with Crippen LogP contribution >= 0.6 is 11.6 Å². The van der Waals surface area contributed by atoms with Crippen molar-refractivity contribution in [2.24, 2.45) is 0 Å². The normalized spacial score (nSPS) is 11.1. The molecule has 0 spiro atoms. The van der Waals surface area contributed by atoms with Gasteiger partial charge in [-0.3, -0.25) is 14.8 Å². The molecule has 2 aromatic rings. The van der Waals surface area contributed by atoms with Gasteiger partial charge in [-0.2, -0.15) is 0 Å². The van der Waals surface area contributed by atoms with Crippen LogP contribution < -0.4 is 4.72 Å². The molecule has 0 bridgehead atoms. The van der Waals surface area contributed by atoms with Gasteiger partial charge in [0.15, 0.2) is 4.90 Å². The van der Waals surface area contributed by atoms with E-state index in [1.165, 1.54) is 24.3 Å². The van der Waals surface area contributed by atoms with Gasteiger partial charge in [-0.15, -0.1) is 0 Å². The number of hydrogen-bond donors (Lipinski definition) is 2. The average Bonchev–Trinajstić information content (AvgIpc) is 2.42. The highest BCUT2D eigenvalue weighted by Crippen LogP contribution is 2.30. The number of phenolic OH excluding ortho intramolecular Hbond substituents is 1. The highest BCUT2D eigenvalue weighted by atomic mass is 35.5. The molecule has 0 aliphatic carbocycles. The molecule has 0 unspecified atom stereocenters. The summed E-state index contributed by atoms with van der Waals surface area (Å²) in [6.07, 6.45) is 0. The van der Waals surface area contributed by atoms with Gasteiger partial charge >= 0.3 is 0 Å². The fourth-order valence-electron chi connectivity index (χ4n) is 1.63. The van der Waals surface area contributed by atoms with Gasteiger partial charge in [0, 0.05) is 17.2 Å². The second kappa shape index (κ2) is 5.58. The largest absolute Gasteiger partial charge is 0.506 e. The van der Waals surface area contributed by atoms with Crippen molar-refractivity contribution in [3.05, 3.63) is 57.6 Å². The summed E-state index contributed by atoms with van der Waals surface area (Å²) >= 11 is 5.65. The van der Waals surface area contributed by atoms with Crippen LogP contribution in [0.2, 0.25) is 5.02 Å². The maximum absolute atomic E-state index is 12.2. The van der Waals surface area contributed by atoms with E-state index in [-0.39, 0.29) is 16.5 Å². The number of nitrogens with one attached hydrogen (secondary N) is 1. The van der Waals surface area contributed by atoms with E-state index >= 15 is 0 Å². The Balaban J connectivity index is 2.46. The molecule has 0 fully saturated rings. The Morgan fingerprint density at radius 1 is 1.19 bits per heavy atom. The predicted molar refractivity (Wildman–Crippen MR) is 77.0 cm³/mol. The molecule has 2 rings (SSSR count). The average molecular weight is 329 g/mol. The molecule has 0 saturated carbocycles. The summed E-state index contributed by atoms with van der Waals surface area (Å²) < 4.78 is 26.5. The number of phenols is 1. The lowest BCUT2D eigenvalue weighted by Crippen LogP contribution is -2.14. The molecule has 2 aromatic carbocycles. The molecule has 9 heteroatoms. The minimum atomic E-state index is -4.22. The van der Waals surface area contributed by atoms with Crippen LogP contribution in [0.4, 0.5) is 11.4 Å². The van der Waals surface area contributed by atoms with Gasteiger partial charge in [0.2, 0.25) is 0 Å². The number of anilines is 1. The molecule has 0 aliphatic heterocycles. The van der Waals surface area contributed by atoms with E-state index in [2.05, 4.69) is 4.72 Å². The minimum absolute atomic E-state index is 0.127. The summed E-state index contributed by atoms with van der Waals surface area (Å²) in [7, 11) is -4.22. The maximum Gasteiger partial charge on any atom is 0.289 e. The standard InChI is InChI=1S/C12H9ClN2O5S/c13-8-5-6-9(11(16)7-8)14-21(19,20)12-4-2-1-3-10(12)15(17)18/h1-7,14,16H. The van der Waals surface area contributed by atoms with E-state index in [0.29, 0.717) is 0 Å². The lowest BCUT2D eigenvalue weighted by atomic mass is 10.3. The van der Waals surface area contributed by atoms with Crippen LogP contribution in [0.15, 0.2) is 47.4 Å². The number of rotatable bonds is 4. The summed E-state index contributed by atoms with van der Waals surface area (Å²) in [6.45, 7) is 0. The van der Waals surface area contributed by atoms with Gasteiger partial charge in [-0.1, -0.05) is 23.7 Å². The molecule has 0 amide bonds. The zero-order valence-electron chi connectivity index (χ0n) is 10.4. The molecule has 0 heterocycles. The van der Waals surface area contributed by atoms with Crippen molar-refractivity contribution in [3.8, 4) is 5.75 Å². The van der Waals surface area contributed by atoms with Crippen molar-refractivity contribution in [3.63, 3.8) is 0 Å². The first-order valence-corrected chi connectivity index (χ1v) is 7.42. The molecule has 0 aromatic heterocycles. The van der Waals surface area contributed by atoms with Gasteiger partial charge in [0.05, 0.1) is 10.6 Å². The topological polar surface area (TPSA) is 110 Å². The van der Waals surface area contributed by atoms with E-state index in [9.17, 15) is 23.6 Å². The zero-order chi connectivity index (χ0) is 15.6. The summed E-state index contributed by atoms with van der Waals surface area (Å²) in [5.41, 5.74) is -0.684. The Bertz CT molecular complexity index is 807. The van der Waals surface area contributed by atoms with Crippen LogP contribution in [-0.4, -0.2) is 18.4 Å². The van der Waals surface area contributed by atoms with Crippen LogP contribution in [0.25, 0.3) is 0 Å². The number of halogens is 1. The van der Waals surface area contributed by atoms with E-state index in [1.807, 2.05) is 0 Å². The zero-order valence-corrected chi connectivity index (χ0v) is 11.9. The number of hydrogen-bond acceptors (Lipinski definition) is 5. The van der Waals surface area contributed by atoms with E-state index in [1.54, 1.807) is 0 Å². The Morgan fingerprint density at radius 3 is 2.48 bits per heavy atom. The highest BCUT2D eigenvalue weighted by Gasteiger charge is 2.25. The Morgan fingerprint density at radius 2 is 1.86 bits per heavy atom. The molecule has 0 radical (unpaired) electrons. The third kappa shape index (κ3) is 3.23. The van der Waals surface area contributed by atoms with Crippen molar-refractivity contribution < 1.29 is 18.4 Å². The Labute approximate surface area is 125 Å². The highest BCUT2D eigenvalue weighted by molar-refractivity contribution is 7.92. The molecule has 110 valence electrons. The molecular formula is C12H9ClN2O5S. The SMILES string of the molecule is O=[N+]([O-])c1ccccc1S(=O)(=O)Nc1ccc(Cl)cc1O. The van der Waals surface area contributed by atoms with Gasteiger partial charge in [0.1, 0.15) is 5.75 Å². The summed E-state index contributed by atoms with van der Waals surface area (Å²) in [6, 6.07) is 8.69. The van der Waals surface area contributed by atoms with Gasteiger partial charge < -0.3 is 5.11 Å². The van der Waals surface area contributed by atoms with Gasteiger partial charge in [-0.25, -0.2) is 8.42 Å². The fraction of sp³-hybridized carbons (Fsp3) is 0. The third-order valence-electron chi connectivity index (χ3n) is 2.56. The molecule has 7 nitrogen and oxygen atoms in total. The molecule has 0 atom stereocenters. The maximum atomic E-state index is 12.2. The predicted octanol–water partition coefficient (Wildman–Crippen LogP) is 2.75. The monoisotopic (exact) mass is 328 g/mol. The van der Waals surface area contributed by atoms with Crippen LogP contribution in [0, 0.1) is 10.1 Å². The number of aromatic hydroxyl groups is 1. The summed E-state index contributed by atoms with van der Waals surface area (Å²) in [5.74, 6) is -0.385. The first-order chi connectivity index (χ1) is 9.81. The van der Waals surface area contributed by atoms with Crippen LogP contribution in [0.5, 0.6) is 5.75 Å². The van der Waals surface area contributed by atoms with Crippen molar-refractivity contribution in [2.75, 3.05) is 4.72 Å². The molecule has 21 heavy (non-hydrogen) atoms. The quantitative estimate of drug-likeness (QED) is 0.509. The second-order valence-electron chi connectivity index (χ2n) is 3.99. The van der Waals surface area contributed by atoms with E-state index in [0.717, 1.165) is 18.2 Å². The fourth-order valence-corrected chi connectivity index (χ4v) is 3.04. The number of para-hydroxylation sites is 1.